The van der Waals surface area contributed by atoms with E-state index in [4.69, 9.17) is 9.84 Å². The number of nitrogens with zero attached hydrogens (tertiary/aromatic N) is 1. The molecular formula is C22H25F3N2O6S. The summed E-state index contributed by atoms with van der Waals surface area (Å²) in [5.74, 6) is -0.277. The first-order chi connectivity index (χ1) is 16.0. The van der Waals surface area contributed by atoms with Gasteiger partial charge in [0.15, 0.2) is 9.84 Å². The van der Waals surface area contributed by atoms with Crippen molar-refractivity contribution in [1.82, 2.24) is 10.2 Å². The smallest absolute Gasteiger partial charge is 0.465 e. The predicted molar refractivity (Wildman–Crippen MR) is 117 cm³/mol. The minimum absolute atomic E-state index is 0.00427. The molecule has 1 atom stereocenters. The zero-order chi connectivity index (χ0) is 24.8. The predicted octanol–water partition coefficient (Wildman–Crippen LogP) is 4.27. The Morgan fingerprint density at radius 3 is 2.03 bits per heavy atom. The van der Waals surface area contributed by atoms with Crippen LogP contribution in [0.2, 0.25) is 0 Å². The molecule has 8 nitrogen and oxygen atoms in total. The Morgan fingerprint density at radius 2 is 1.50 bits per heavy atom. The van der Waals surface area contributed by atoms with Crippen molar-refractivity contribution in [1.29, 1.82) is 0 Å². The Hall–Kier alpha value is -2.99. The highest BCUT2D eigenvalue weighted by molar-refractivity contribution is 7.91. The third-order valence-corrected chi connectivity index (χ3v) is 6.98. The first kappa shape index (κ1) is 25.6. The van der Waals surface area contributed by atoms with Gasteiger partial charge in [-0.05, 0) is 74.5 Å². The Balaban J connectivity index is 1.63. The maximum Gasteiger partial charge on any atom is 0.573 e. The van der Waals surface area contributed by atoms with Gasteiger partial charge in [-0.3, -0.25) is 0 Å². The van der Waals surface area contributed by atoms with Gasteiger partial charge in [0.25, 0.3) is 0 Å². The number of hydrogen-bond acceptors (Lipinski definition) is 6. The summed E-state index contributed by atoms with van der Waals surface area (Å²) in [7, 11) is -3.80. The van der Waals surface area contributed by atoms with Crippen LogP contribution in [0.4, 0.5) is 18.0 Å². The van der Waals surface area contributed by atoms with Gasteiger partial charge in [0.2, 0.25) is 0 Å². The highest BCUT2D eigenvalue weighted by Gasteiger charge is 2.31. The fraction of sp³-hybridized carbons (Fsp3) is 0.409. The van der Waals surface area contributed by atoms with E-state index in [1.54, 1.807) is 0 Å². The number of halogens is 3. The lowest BCUT2D eigenvalue weighted by Crippen LogP contribution is -2.48. The van der Waals surface area contributed by atoms with Crippen molar-refractivity contribution < 1.29 is 41.0 Å². The second-order valence-corrected chi connectivity index (χ2v) is 9.92. The largest absolute Gasteiger partial charge is 0.573 e. The number of piperidine rings is 1. The van der Waals surface area contributed by atoms with E-state index < -0.39 is 39.8 Å². The van der Waals surface area contributed by atoms with Crippen molar-refractivity contribution in [3.05, 3.63) is 48.5 Å². The van der Waals surface area contributed by atoms with Crippen molar-refractivity contribution in [2.24, 2.45) is 0 Å². The number of amides is 1. The zero-order valence-corrected chi connectivity index (χ0v) is 18.9. The van der Waals surface area contributed by atoms with Crippen LogP contribution in [0.5, 0.6) is 17.2 Å². The van der Waals surface area contributed by atoms with Gasteiger partial charge in [-0.25, -0.2) is 13.2 Å². The second-order valence-electron chi connectivity index (χ2n) is 7.88. The van der Waals surface area contributed by atoms with Gasteiger partial charge in [0.1, 0.15) is 17.2 Å². The molecular weight excluding hydrogens is 477 g/mol. The quantitative estimate of drug-likeness (QED) is 0.528. The zero-order valence-electron chi connectivity index (χ0n) is 18.1. The summed E-state index contributed by atoms with van der Waals surface area (Å²) in [6, 6.07) is 9.49. The molecule has 0 aromatic heterocycles. The second kappa shape index (κ2) is 11.0. The molecule has 1 fully saturated rings. The minimum Gasteiger partial charge on any atom is -0.465 e. The monoisotopic (exact) mass is 502 g/mol. The van der Waals surface area contributed by atoms with Crippen LogP contribution in [0.3, 0.4) is 0 Å². The van der Waals surface area contributed by atoms with E-state index in [0.717, 1.165) is 44.5 Å². The van der Waals surface area contributed by atoms with E-state index in [2.05, 4.69) is 15.0 Å². The van der Waals surface area contributed by atoms with Crippen molar-refractivity contribution in [3.63, 3.8) is 0 Å². The first-order valence-electron chi connectivity index (χ1n) is 10.6. The van der Waals surface area contributed by atoms with Crippen LogP contribution in [0.15, 0.2) is 53.4 Å². The fourth-order valence-corrected chi connectivity index (χ4v) is 5.15. The number of carbonyl (C=O) groups is 1. The van der Waals surface area contributed by atoms with Crippen molar-refractivity contribution in [3.8, 4) is 17.2 Å². The molecule has 0 bridgehead atoms. The van der Waals surface area contributed by atoms with Gasteiger partial charge in [-0.15, -0.1) is 13.2 Å². The van der Waals surface area contributed by atoms with Crippen LogP contribution in [-0.4, -0.2) is 62.3 Å². The molecule has 186 valence electrons. The van der Waals surface area contributed by atoms with E-state index in [-0.39, 0.29) is 16.4 Å². The molecule has 34 heavy (non-hydrogen) atoms. The number of hydrogen-bond donors (Lipinski definition) is 2. The molecule has 2 N–H and O–H groups in total. The highest BCUT2D eigenvalue weighted by atomic mass is 32.2. The molecule has 1 saturated heterocycles. The third kappa shape index (κ3) is 8.10. The summed E-state index contributed by atoms with van der Waals surface area (Å²) in [5, 5.41) is 11.4. The molecule has 1 unspecified atom stereocenters. The van der Waals surface area contributed by atoms with Gasteiger partial charge in [0, 0.05) is 6.54 Å². The maximum absolute atomic E-state index is 12.9. The number of nitrogens with one attached hydrogen (secondary N) is 1. The third-order valence-electron chi connectivity index (χ3n) is 5.15. The highest BCUT2D eigenvalue weighted by Crippen LogP contribution is 2.28. The van der Waals surface area contributed by atoms with E-state index in [9.17, 15) is 26.4 Å². The van der Waals surface area contributed by atoms with Crippen molar-refractivity contribution >= 4 is 15.9 Å². The molecule has 2 aromatic rings. The number of likely N-dealkylation sites (tertiary alicyclic amines) is 1. The fourth-order valence-electron chi connectivity index (χ4n) is 3.69. The molecule has 12 heteroatoms. The Bertz CT molecular complexity index is 1050. The van der Waals surface area contributed by atoms with Gasteiger partial charge >= 0.3 is 12.5 Å². The van der Waals surface area contributed by atoms with Crippen LogP contribution in [0.1, 0.15) is 19.3 Å². The molecule has 3 rings (SSSR count). The lowest BCUT2D eigenvalue weighted by atomic mass is 10.1. The van der Waals surface area contributed by atoms with E-state index in [1.165, 1.54) is 36.4 Å². The van der Waals surface area contributed by atoms with E-state index >= 15 is 0 Å². The van der Waals surface area contributed by atoms with Crippen LogP contribution >= 0.6 is 0 Å². The molecule has 0 spiro atoms. The van der Waals surface area contributed by atoms with Gasteiger partial charge in [0.05, 0.1) is 16.7 Å². The number of carboxylic acid groups (broad SMARTS) is 1. The van der Waals surface area contributed by atoms with Crippen molar-refractivity contribution in [2.45, 2.75) is 36.6 Å². The SMILES string of the molecule is O=C(O)NC(CN1CCCCC1)CS(=O)(=O)c1ccc(Oc2ccc(OC(F)(F)F)cc2)cc1. The van der Waals surface area contributed by atoms with Crippen molar-refractivity contribution in [2.75, 3.05) is 25.4 Å². The molecule has 1 aliphatic rings. The normalized spacial score (nSPS) is 16.0. The van der Waals surface area contributed by atoms with Crippen LogP contribution < -0.4 is 14.8 Å². The maximum atomic E-state index is 12.9. The molecule has 1 amide bonds. The van der Waals surface area contributed by atoms with Crippen LogP contribution in [0, 0.1) is 0 Å². The summed E-state index contributed by atoms with van der Waals surface area (Å²) < 4.78 is 71.8. The molecule has 1 aliphatic heterocycles. The number of benzene rings is 2. The number of ether oxygens (including phenoxy) is 2. The Morgan fingerprint density at radius 1 is 0.971 bits per heavy atom. The first-order valence-corrected chi connectivity index (χ1v) is 12.2. The summed E-state index contributed by atoms with van der Waals surface area (Å²) in [5.41, 5.74) is 0. The molecule has 1 heterocycles. The number of sulfone groups is 1. The summed E-state index contributed by atoms with van der Waals surface area (Å²) in [4.78, 5) is 13.2. The van der Waals surface area contributed by atoms with Gasteiger partial charge in [-0.1, -0.05) is 6.42 Å². The minimum atomic E-state index is -4.80. The van der Waals surface area contributed by atoms with E-state index in [0.29, 0.717) is 6.54 Å². The lowest BCUT2D eigenvalue weighted by Gasteiger charge is -2.30. The average molecular weight is 503 g/mol. The van der Waals surface area contributed by atoms with E-state index in [1.807, 2.05) is 0 Å². The lowest BCUT2D eigenvalue weighted by molar-refractivity contribution is -0.274. The topological polar surface area (TPSA) is 105 Å². The summed E-state index contributed by atoms with van der Waals surface area (Å²) >= 11 is 0. The Kier molecular flexibility index (Phi) is 8.26. The average Bonchev–Trinajstić information content (AvgIpc) is 2.74. The van der Waals surface area contributed by atoms with Crippen LogP contribution in [-0.2, 0) is 9.84 Å². The molecule has 0 saturated carbocycles. The van der Waals surface area contributed by atoms with Gasteiger partial charge < -0.3 is 24.8 Å². The van der Waals surface area contributed by atoms with Crippen LogP contribution in [0.25, 0.3) is 0 Å². The standard InChI is InChI=1S/C22H25F3N2O6S/c23-22(24,25)33-19-6-4-17(5-7-19)32-18-8-10-20(11-9-18)34(30,31)15-16(26-21(28)29)14-27-12-2-1-3-13-27/h4-11,16,26H,1-3,12-15H2,(H,28,29). The Labute approximate surface area is 195 Å². The number of alkyl halides is 3. The van der Waals surface area contributed by atoms with Gasteiger partial charge in [-0.2, -0.15) is 0 Å². The molecule has 0 radical (unpaired) electrons. The molecule has 2 aromatic carbocycles. The number of rotatable bonds is 9. The summed E-state index contributed by atoms with van der Waals surface area (Å²) in [6.45, 7) is 1.90. The summed E-state index contributed by atoms with van der Waals surface area (Å²) in [6.07, 6.45) is -2.99. The molecule has 0 aliphatic carbocycles.